The fourth-order valence-electron chi connectivity index (χ4n) is 2.48. The van der Waals surface area contributed by atoms with E-state index >= 15 is 0 Å². The summed E-state index contributed by atoms with van der Waals surface area (Å²) in [5.41, 5.74) is 2.26. The lowest BCUT2D eigenvalue weighted by Gasteiger charge is -2.23. The Balaban J connectivity index is 1.96. The molecule has 150 valence electrons. The summed E-state index contributed by atoms with van der Waals surface area (Å²) in [5.74, 6) is 0.307. The van der Waals surface area contributed by atoms with Gasteiger partial charge in [0.25, 0.3) is 5.91 Å². The number of amides is 2. The minimum Gasteiger partial charge on any atom is -0.483 e. The van der Waals surface area contributed by atoms with Crippen LogP contribution in [0.1, 0.15) is 40.2 Å². The third kappa shape index (κ3) is 6.37. The van der Waals surface area contributed by atoms with Crippen molar-refractivity contribution in [3.8, 4) is 5.75 Å². The Hall–Kier alpha value is -2.34. The third-order valence-electron chi connectivity index (χ3n) is 4.07. The normalized spacial score (nSPS) is 11.2. The van der Waals surface area contributed by atoms with Gasteiger partial charge in [-0.2, -0.15) is 0 Å². The summed E-state index contributed by atoms with van der Waals surface area (Å²) in [6.07, 6.45) is 0. The summed E-state index contributed by atoms with van der Waals surface area (Å²) in [6, 6.07) is 12.8. The molecule has 0 fully saturated rings. The molecule has 0 saturated heterocycles. The Morgan fingerprint density at radius 3 is 2.11 bits per heavy atom. The number of hydrogen-bond donors (Lipinski definition) is 2. The average Bonchev–Trinajstić information content (AvgIpc) is 2.61. The summed E-state index contributed by atoms with van der Waals surface area (Å²) >= 11 is 3.48. The van der Waals surface area contributed by atoms with E-state index in [1.807, 2.05) is 32.0 Å². The van der Waals surface area contributed by atoms with Gasteiger partial charge in [-0.3, -0.25) is 9.59 Å². The van der Waals surface area contributed by atoms with Crippen molar-refractivity contribution in [1.29, 1.82) is 0 Å². The van der Waals surface area contributed by atoms with Gasteiger partial charge in [0.05, 0.1) is 0 Å². The molecular formula is C22H27BrN2O3. The SMILES string of the molecule is CC(C)C(=O)Nc1ccc(NC(=O)COc2ccc(Br)cc2C(C)(C)C)cc1. The van der Waals surface area contributed by atoms with E-state index in [4.69, 9.17) is 4.74 Å². The monoisotopic (exact) mass is 446 g/mol. The number of carbonyl (C=O) groups is 2. The van der Waals surface area contributed by atoms with E-state index in [0.717, 1.165) is 10.0 Å². The fourth-order valence-corrected chi connectivity index (χ4v) is 2.84. The predicted octanol–water partition coefficient (Wildman–Crippen LogP) is 5.36. The van der Waals surface area contributed by atoms with Gasteiger partial charge in [0.15, 0.2) is 6.61 Å². The lowest BCUT2D eigenvalue weighted by Crippen LogP contribution is -2.22. The first-order valence-electron chi connectivity index (χ1n) is 9.20. The molecular weight excluding hydrogens is 420 g/mol. The van der Waals surface area contributed by atoms with Crippen molar-refractivity contribution in [2.75, 3.05) is 17.2 Å². The molecule has 2 aromatic carbocycles. The minimum atomic E-state index is -0.248. The van der Waals surface area contributed by atoms with Crippen LogP contribution in [0.4, 0.5) is 11.4 Å². The van der Waals surface area contributed by atoms with Crippen molar-refractivity contribution >= 4 is 39.1 Å². The molecule has 0 atom stereocenters. The van der Waals surface area contributed by atoms with Crippen LogP contribution in [0.25, 0.3) is 0 Å². The summed E-state index contributed by atoms with van der Waals surface area (Å²) in [4.78, 5) is 24.0. The van der Waals surface area contributed by atoms with Crippen molar-refractivity contribution in [3.05, 3.63) is 52.5 Å². The van der Waals surface area contributed by atoms with Gasteiger partial charge >= 0.3 is 0 Å². The molecule has 2 aromatic rings. The Morgan fingerprint density at radius 2 is 1.57 bits per heavy atom. The van der Waals surface area contributed by atoms with E-state index in [1.165, 1.54) is 0 Å². The topological polar surface area (TPSA) is 67.4 Å². The molecule has 2 amide bonds. The molecule has 0 aliphatic heterocycles. The highest BCUT2D eigenvalue weighted by Crippen LogP contribution is 2.33. The Morgan fingerprint density at radius 1 is 1.00 bits per heavy atom. The quantitative estimate of drug-likeness (QED) is 0.627. The van der Waals surface area contributed by atoms with Crippen LogP contribution in [0.5, 0.6) is 5.75 Å². The molecule has 0 aliphatic carbocycles. The van der Waals surface area contributed by atoms with Gasteiger partial charge in [-0.1, -0.05) is 50.5 Å². The van der Waals surface area contributed by atoms with Crippen molar-refractivity contribution < 1.29 is 14.3 Å². The summed E-state index contributed by atoms with van der Waals surface area (Å²) in [5, 5.41) is 5.61. The minimum absolute atomic E-state index is 0.0469. The Bertz CT molecular complexity index is 840. The first-order chi connectivity index (χ1) is 13.1. The molecule has 0 radical (unpaired) electrons. The van der Waals surface area contributed by atoms with Gasteiger partial charge in [-0.25, -0.2) is 0 Å². The third-order valence-corrected chi connectivity index (χ3v) is 4.56. The van der Waals surface area contributed by atoms with Gasteiger partial charge in [0.1, 0.15) is 5.75 Å². The number of carbonyl (C=O) groups excluding carboxylic acids is 2. The van der Waals surface area contributed by atoms with E-state index in [0.29, 0.717) is 17.1 Å². The second-order valence-electron chi connectivity index (χ2n) is 7.95. The standard InChI is InChI=1S/C22H27BrN2O3/c1-14(2)21(27)25-17-9-7-16(8-10-17)24-20(26)13-28-19-11-6-15(23)12-18(19)22(3,4)5/h6-12,14H,13H2,1-5H3,(H,24,26)(H,25,27). The van der Waals surface area contributed by atoms with Crippen LogP contribution in [-0.4, -0.2) is 18.4 Å². The van der Waals surface area contributed by atoms with Crippen molar-refractivity contribution in [2.24, 2.45) is 5.92 Å². The van der Waals surface area contributed by atoms with E-state index in [1.54, 1.807) is 24.3 Å². The molecule has 2 N–H and O–H groups in total. The highest BCUT2D eigenvalue weighted by molar-refractivity contribution is 9.10. The maximum Gasteiger partial charge on any atom is 0.262 e. The maximum absolute atomic E-state index is 12.3. The zero-order chi connectivity index (χ0) is 20.9. The van der Waals surface area contributed by atoms with Crippen LogP contribution in [0.15, 0.2) is 46.9 Å². The van der Waals surface area contributed by atoms with Crippen LogP contribution in [0, 0.1) is 5.92 Å². The average molecular weight is 447 g/mol. The molecule has 0 aromatic heterocycles. The molecule has 0 bridgehead atoms. The molecule has 2 rings (SSSR count). The van der Waals surface area contributed by atoms with Gasteiger partial charge in [-0.05, 0) is 47.9 Å². The number of rotatable bonds is 6. The van der Waals surface area contributed by atoms with Crippen LogP contribution >= 0.6 is 15.9 Å². The maximum atomic E-state index is 12.3. The van der Waals surface area contributed by atoms with Crippen molar-refractivity contribution in [1.82, 2.24) is 0 Å². The second kappa shape index (κ2) is 9.24. The van der Waals surface area contributed by atoms with E-state index in [9.17, 15) is 9.59 Å². The van der Waals surface area contributed by atoms with Crippen LogP contribution in [-0.2, 0) is 15.0 Å². The highest BCUT2D eigenvalue weighted by atomic mass is 79.9. The van der Waals surface area contributed by atoms with E-state index in [-0.39, 0.29) is 29.8 Å². The van der Waals surface area contributed by atoms with Gasteiger partial charge in [0, 0.05) is 27.3 Å². The number of hydrogen-bond acceptors (Lipinski definition) is 3. The smallest absolute Gasteiger partial charge is 0.262 e. The summed E-state index contributed by atoms with van der Waals surface area (Å²) < 4.78 is 6.74. The Kier molecular flexibility index (Phi) is 7.24. The second-order valence-corrected chi connectivity index (χ2v) is 8.86. The van der Waals surface area contributed by atoms with Gasteiger partial charge in [-0.15, -0.1) is 0 Å². The lowest BCUT2D eigenvalue weighted by molar-refractivity contribution is -0.119. The highest BCUT2D eigenvalue weighted by Gasteiger charge is 2.20. The van der Waals surface area contributed by atoms with E-state index < -0.39 is 0 Å². The number of benzene rings is 2. The molecule has 5 nitrogen and oxygen atoms in total. The first-order valence-corrected chi connectivity index (χ1v) is 9.99. The molecule has 0 saturated carbocycles. The molecule has 6 heteroatoms. The zero-order valence-corrected chi connectivity index (χ0v) is 18.5. The van der Waals surface area contributed by atoms with Gasteiger partial charge in [0.2, 0.25) is 5.91 Å². The molecule has 0 spiro atoms. The summed E-state index contributed by atoms with van der Waals surface area (Å²) in [7, 11) is 0. The molecule has 0 aliphatic rings. The largest absolute Gasteiger partial charge is 0.483 e. The number of nitrogens with one attached hydrogen (secondary N) is 2. The van der Waals surface area contributed by atoms with Gasteiger partial charge < -0.3 is 15.4 Å². The van der Waals surface area contributed by atoms with Crippen molar-refractivity contribution in [3.63, 3.8) is 0 Å². The predicted molar refractivity (Wildman–Crippen MR) is 117 cm³/mol. The fraction of sp³-hybridized carbons (Fsp3) is 0.364. The Labute approximate surface area is 175 Å². The number of halogens is 1. The summed E-state index contributed by atoms with van der Waals surface area (Å²) in [6.45, 7) is 9.88. The van der Waals surface area contributed by atoms with E-state index in [2.05, 4.69) is 47.3 Å². The lowest BCUT2D eigenvalue weighted by atomic mass is 9.86. The zero-order valence-electron chi connectivity index (χ0n) is 16.9. The number of ether oxygens (including phenoxy) is 1. The van der Waals surface area contributed by atoms with Crippen LogP contribution < -0.4 is 15.4 Å². The first kappa shape index (κ1) is 22.0. The molecule has 28 heavy (non-hydrogen) atoms. The molecule has 0 heterocycles. The molecule has 0 unspecified atom stereocenters. The van der Waals surface area contributed by atoms with Crippen LogP contribution in [0.2, 0.25) is 0 Å². The van der Waals surface area contributed by atoms with Crippen LogP contribution in [0.3, 0.4) is 0 Å². The van der Waals surface area contributed by atoms with Crippen molar-refractivity contribution in [2.45, 2.75) is 40.0 Å². The number of anilines is 2.